The number of carbonyl (C=O) groups excluding carboxylic acids is 1. The first kappa shape index (κ1) is 18.3. The van der Waals surface area contributed by atoms with Crippen molar-refractivity contribution in [2.75, 3.05) is 12.4 Å². The fourth-order valence-electron chi connectivity index (χ4n) is 1.49. The van der Waals surface area contributed by atoms with E-state index in [1.54, 1.807) is 0 Å². The second kappa shape index (κ2) is 6.16. The Bertz CT molecular complexity index is 662. The maximum Gasteiger partial charge on any atom is 0.458 e. The first-order chi connectivity index (χ1) is 10.4. The number of ether oxygens (including phenoxy) is 1. The lowest BCUT2D eigenvalue weighted by Gasteiger charge is -2.24. The summed E-state index contributed by atoms with van der Waals surface area (Å²) in [6.45, 7) is 0. The zero-order valence-corrected chi connectivity index (χ0v) is 11.2. The molecule has 0 spiro atoms. The Morgan fingerprint density at radius 1 is 1.30 bits per heavy atom. The highest BCUT2D eigenvalue weighted by Crippen LogP contribution is 2.36. The van der Waals surface area contributed by atoms with Crippen molar-refractivity contribution in [2.24, 2.45) is 0 Å². The van der Waals surface area contributed by atoms with E-state index in [0.717, 1.165) is 6.07 Å². The zero-order valence-electron chi connectivity index (χ0n) is 11.2. The van der Waals surface area contributed by atoms with Gasteiger partial charge in [0.15, 0.2) is 0 Å². The molecule has 0 saturated carbocycles. The van der Waals surface area contributed by atoms with E-state index in [9.17, 15) is 37.3 Å². The molecule has 0 heterocycles. The summed E-state index contributed by atoms with van der Waals surface area (Å²) in [7, 11) is 0.309. The van der Waals surface area contributed by atoms with E-state index in [-0.39, 0.29) is 0 Å². The Labute approximate surface area is 124 Å². The molecule has 0 saturated heterocycles. The molecule has 1 aromatic carbocycles. The van der Waals surface area contributed by atoms with Crippen molar-refractivity contribution in [1.82, 2.24) is 0 Å². The largest absolute Gasteiger partial charge is 0.477 e. The number of benzene rings is 1. The highest BCUT2D eigenvalue weighted by atomic mass is 19.4. The Morgan fingerprint density at radius 2 is 1.87 bits per heavy atom. The molecule has 126 valence electrons. The lowest BCUT2D eigenvalue weighted by Crippen LogP contribution is -2.52. The number of methoxy groups -OCH3 is 1. The van der Waals surface area contributed by atoms with Crippen LogP contribution in [-0.2, 0) is 9.53 Å². The van der Waals surface area contributed by atoms with Crippen LogP contribution in [0, 0.1) is 10.1 Å². The minimum atomic E-state index is -5.70. The first-order valence-electron chi connectivity index (χ1n) is 5.58. The third-order valence-electron chi connectivity index (χ3n) is 2.62. The third-order valence-corrected chi connectivity index (χ3v) is 2.62. The summed E-state index contributed by atoms with van der Waals surface area (Å²) in [5, 5.41) is 20.9. The average molecular weight is 340 g/mol. The van der Waals surface area contributed by atoms with Gasteiger partial charge in [0.1, 0.15) is 5.56 Å². The van der Waals surface area contributed by atoms with Crippen molar-refractivity contribution in [3.63, 3.8) is 0 Å². The van der Waals surface area contributed by atoms with E-state index in [1.807, 2.05) is 0 Å². The molecule has 12 heteroatoms. The zero-order chi connectivity index (χ0) is 18.0. The highest BCUT2D eigenvalue weighted by molar-refractivity contribution is 5.98. The van der Waals surface area contributed by atoms with Crippen LogP contribution in [0.25, 0.3) is 0 Å². The number of aromatic carboxylic acids is 1. The van der Waals surface area contributed by atoms with Crippen molar-refractivity contribution < 1.29 is 41.9 Å². The number of nitrogens with zero attached hydrogens (tertiary/aromatic N) is 1. The molecule has 1 aromatic rings. The van der Waals surface area contributed by atoms with Gasteiger partial charge in [0.2, 0.25) is 0 Å². The van der Waals surface area contributed by atoms with Gasteiger partial charge in [0, 0.05) is 18.9 Å². The summed E-state index contributed by atoms with van der Waals surface area (Å²) in [6.07, 6.45) is -5.70. The van der Waals surface area contributed by atoms with Crippen LogP contribution in [0.3, 0.4) is 0 Å². The number of nitro groups is 1. The summed E-state index contributed by atoms with van der Waals surface area (Å²) in [4.78, 5) is 31.8. The van der Waals surface area contributed by atoms with Crippen LogP contribution in [0.1, 0.15) is 10.4 Å². The van der Waals surface area contributed by atoms with E-state index in [4.69, 9.17) is 5.11 Å². The number of carbonyl (C=O) groups is 2. The molecule has 23 heavy (non-hydrogen) atoms. The molecule has 0 aliphatic heterocycles. The highest BCUT2D eigenvalue weighted by Gasteiger charge is 2.63. The molecule has 1 atom stereocenters. The SMILES string of the molecule is COC(F)(C(=O)Nc1ccc(C(=O)O)c([N+](=O)[O-])c1)C(F)(F)F. The van der Waals surface area contributed by atoms with Crippen molar-refractivity contribution in [1.29, 1.82) is 0 Å². The maximum atomic E-state index is 13.6. The van der Waals surface area contributed by atoms with Gasteiger partial charge in [0.25, 0.3) is 11.6 Å². The number of rotatable bonds is 5. The first-order valence-corrected chi connectivity index (χ1v) is 5.58. The monoisotopic (exact) mass is 340 g/mol. The van der Waals surface area contributed by atoms with Crippen molar-refractivity contribution in [3.8, 4) is 0 Å². The van der Waals surface area contributed by atoms with Crippen molar-refractivity contribution in [3.05, 3.63) is 33.9 Å². The average Bonchev–Trinajstić information content (AvgIpc) is 2.44. The van der Waals surface area contributed by atoms with Crippen molar-refractivity contribution >= 4 is 23.3 Å². The quantitative estimate of drug-likeness (QED) is 0.481. The number of carboxylic acids is 1. The Morgan fingerprint density at radius 3 is 2.26 bits per heavy atom. The molecule has 0 fully saturated rings. The smallest absolute Gasteiger partial charge is 0.458 e. The van der Waals surface area contributed by atoms with Gasteiger partial charge in [0.05, 0.1) is 4.92 Å². The molecule has 0 aliphatic rings. The predicted molar refractivity (Wildman–Crippen MR) is 65.6 cm³/mol. The van der Waals surface area contributed by atoms with E-state index in [1.165, 1.54) is 5.32 Å². The fourth-order valence-corrected chi connectivity index (χ4v) is 1.49. The standard InChI is InChI=1S/C11H8F4N2O6/c1-23-10(12,11(13,14)15)9(20)16-5-2-3-6(8(18)19)7(4-5)17(21)22/h2-4H,1H3,(H,16,20)(H,18,19). The van der Waals surface area contributed by atoms with Gasteiger partial charge < -0.3 is 15.2 Å². The van der Waals surface area contributed by atoms with Gasteiger partial charge in [-0.25, -0.2) is 4.79 Å². The van der Waals surface area contributed by atoms with E-state index in [2.05, 4.69) is 4.74 Å². The van der Waals surface area contributed by atoms with Crippen LogP contribution in [0.4, 0.5) is 28.9 Å². The minimum absolute atomic E-state index is 0.309. The summed E-state index contributed by atoms with van der Waals surface area (Å²) in [5.41, 5.74) is -2.37. The van der Waals surface area contributed by atoms with Gasteiger partial charge >= 0.3 is 18.0 Å². The van der Waals surface area contributed by atoms with Crippen LogP contribution in [0.2, 0.25) is 0 Å². The lowest BCUT2D eigenvalue weighted by atomic mass is 10.1. The minimum Gasteiger partial charge on any atom is -0.477 e. The summed E-state index contributed by atoms with van der Waals surface area (Å²) in [5.74, 6) is -8.61. The van der Waals surface area contributed by atoms with E-state index < -0.39 is 45.8 Å². The van der Waals surface area contributed by atoms with Crippen LogP contribution in [0.15, 0.2) is 18.2 Å². The van der Waals surface area contributed by atoms with Gasteiger partial charge in [-0.3, -0.25) is 14.9 Å². The van der Waals surface area contributed by atoms with E-state index >= 15 is 0 Å². The Hall–Kier alpha value is -2.76. The number of halogens is 4. The molecular formula is C11H8F4N2O6. The molecule has 1 amide bonds. The lowest BCUT2D eigenvalue weighted by molar-refractivity contribution is -0.385. The van der Waals surface area contributed by atoms with Crippen LogP contribution >= 0.6 is 0 Å². The fraction of sp³-hybridized carbons (Fsp3) is 0.273. The number of alkyl halides is 4. The van der Waals surface area contributed by atoms with Gasteiger partial charge in [-0.1, -0.05) is 0 Å². The number of amides is 1. The van der Waals surface area contributed by atoms with Crippen LogP contribution in [-0.4, -0.2) is 41.0 Å². The molecule has 0 radical (unpaired) electrons. The van der Waals surface area contributed by atoms with Gasteiger partial charge in [-0.15, -0.1) is 0 Å². The third kappa shape index (κ3) is 3.53. The molecule has 2 N–H and O–H groups in total. The molecule has 1 unspecified atom stereocenters. The number of hydrogen-bond acceptors (Lipinski definition) is 5. The topological polar surface area (TPSA) is 119 Å². The van der Waals surface area contributed by atoms with Gasteiger partial charge in [-0.05, 0) is 12.1 Å². The summed E-state index contributed by atoms with van der Waals surface area (Å²) < 4.78 is 54.6. The molecule has 0 aliphatic carbocycles. The molecular weight excluding hydrogens is 332 g/mol. The molecule has 1 rings (SSSR count). The van der Waals surface area contributed by atoms with E-state index in [0.29, 0.717) is 19.2 Å². The maximum absolute atomic E-state index is 13.6. The second-order valence-corrected chi connectivity index (χ2v) is 4.05. The Kier molecular flexibility index (Phi) is 4.90. The van der Waals surface area contributed by atoms with Crippen LogP contribution in [0.5, 0.6) is 0 Å². The number of anilines is 1. The summed E-state index contributed by atoms with van der Waals surface area (Å²) in [6, 6.07) is 1.92. The predicted octanol–water partition coefficient (Wildman–Crippen LogP) is 2.11. The molecule has 8 nitrogen and oxygen atoms in total. The van der Waals surface area contributed by atoms with Gasteiger partial charge in [-0.2, -0.15) is 17.6 Å². The number of nitrogens with one attached hydrogen (secondary N) is 1. The number of hydrogen-bond donors (Lipinski definition) is 2. The second-order valence-electron chi connectivity index (χ2n) is 4.05. The molecule has 0 aromatic heterocycles. The number of carboxylic acid groups (broad SMARTS) is 1. The van der Waals surface area contributed by atoms with Crippen molar-refractivity contribution in [2.45, 2.75) is 12.0 Å². The summed E-state index contributed by atoms with van der Waals surface area (Å²) >= 11 is 0. The molecule has 0 bridgehead atoms. The Balaban J connectivity index is 3.20. The van der Waals surface area contributed by atoms with Crippen LogP contribution < -0.4 is 5.32 Å². The number of nitro benzene ring substituents is 1. The normalized spacial score (nSPS) is 14.0.